The Bertz CT molecular complexity index is 408. The van der Waals surface area contributed by atoms with E-state index in [1.807, 2.05) is 18.2 Å². The number of nitrogens with zero attached hydrogens (tertiary/aromatic N) is 1. The van der Waals surface area contributed by atoms with Crippen molar-refractivity contribution in [2.75, 3.05) is 19.6 Å². The van der Waals surface area contributed by atoms with Gasteiger partial charge in [0.15, 0.2) is 0 Å². The first-order valence-electron chi connectivity index (χ1n) is 6.88. The van der Waals surface area contributed by atoms with Gasteiger partial charge in [-0.05, 0) is 18.9 Å². The van der Waals surface area contributed by atoms with E-state index in [0.717, 1.165) is 26.1 Å². The van der Waals surface area contributed by atoms with Gasteiger partial charge in [0.25, 0.3) is 0 Å². The Morgan fingerprint density at radius 1 is 1.42 bits per heavy atom. The number of carbonyl (C=O) groups is 1. The molecule has 0 radical (unpaired) electrons. The summed E-state index contributed by atoms with van der Waals surface area (Å²) in [7, 11) is 0. The summed E-state index contributed by atoms with van der Waals surface area (Å²) in [5.74, 6) is -0.717. The van der Waals surface area contributed by atoms with Crippen LogP contribution in [0.2, 0.25) is 0 Å². The van der Waals surface area contributed by atoms with Crippen LogP contribution in [-0.2, 0) is 11.2 Å². The summed E-state index contributed by atoms with van der Waals surface area (Å²) in [6.45, 7) is 4.76. The van der Waals surface area contributed by atoms with Crippen molar-refractivity contribution >= 4 is 5.97 Å². The number of carboxylic acid groups (broad SMARTS) is 1. The van der Waals surface area contributed by atoms with Gasteiger partial charge in [-0.2, -0.15) is 0 Å². The molecule has 1 aromatic rings. The molecule has 4 nitrogen and oxygen atoms in total. The number of piperazine rings is 1. The van der Waals surface area contributed by atoms with Gasteiger partial charge in [0.1, 0.15) is 0 Å². The molecular weight excluding hydrogens is 240 g/mol. The maximum Gasteiger partial charge on any atom is 0.304 e. The molecule has 2 rings (SSSR count). The van der Waals surface area contributed by atoms with Gasteiger partial charge in [-0.25, -0.2) is 0 Å². The van der Waals surface area contributed by atoms with E-state index in [1.54, 1.807) is 0 Å². The van der Waals surface area contributed by atoms with E-state index in [1.165, 1.54) is 5.56 Å². The van der Waals surface area contributed by atoms with Crippen molar-refractivity contribution in [2.45, 2.75) is 31.8 Å². The molecular formula is C15H22N2O2. The molecule has 2 N–H and O–H groups in total. The summed E-state index contributed by atoms with van der Waals surface area (Å²) in [6.07, 6.45) is 1.19. The molecule has 1 fully saturated rings. The van der Waals surface area contributed by atoms with Gasteiger partial charge >= 0.3 is 5.97 Å². The van der Waals surface area contributed by atoms with Crippen molar-refractivity contribution in [3.05, 3.63) is 35.9 Å². The number of carboxylic acids is 1. The summed E-state index contributed by atoms with van der Waals surface area (Å²) < 4.78 is 0. The highest BCUT2D eigenvalue weighted by molar-refractivity contribution is 5.67. The fraction of sp³-hybridized carbons (Fsp3) is 0.533. The summed E-state index contributed by atoms with van der Waals surface area (Å²) >= 11 is 0. The molecule has 0 saturated carbocycles. The van der Waals surface area contributed by atoms with Crippen LogP contribution in [0.25, 0.3) is 0 Å². The standard InChI is InChI=1S/C15H22N2O2/c1-12-11-17(14(10-16-12)9-15(18)19)8-7-13-5-3-2-4-6-13/h2-6,12,14,16H,7-11H2,1H3,(H,18,19). The minimum atomic E-state index is -0.717. The van der Waals surface area contributed by atoms with E-state index in [9.17, 15) is 4.79 Å². The first kappa shape index (κ1) is 14.0. The normalized spacial score (nSPS) is 24.3. The van der Waals surface area contributed by atoms with Crippen LogP contribution in [0.5, 0.6) is 0 Å². The van der Waals surface area contributed by atoms with Crippen LogP contribution in [0.3, 0.4) is 0 Å². The van der Waals surface area contributed by atoms with E-state index in [4.69, 9.17) is 5.11 Å². The molecule has 1 aliphatic heterocycles. The minimum Gasteiger partial charge on any atom is -0.481 e. The van der Waals surface area contributed by atoms with Gasteiger partial charge in [-0.15, -0.1) is 0 Å². The largest absolute Gasteiger partial charge is 0.481 e. The number of nitrogens with one attached hydrogen (secondary N) is 1. The number of benzene rings is 1. The fourth-order valence-electron chi connectivity index (χ4n) is 2.63. The minimum absolute atomic E-state index is 0.109. The molecule has 0 aromatic heterocycles. The Hall–Kier alpha value is -1.39. The van der Waals surface area contributed by atoms with Crippen molar-refractivity contribution < 1.29 is 9.90 Å². The van der Waals surface area contributed by atoms with Crippen LogP contribution in [0.15, 0.2) is 30.3 Å². The maximum atomic E-state index is 10.9. The number of aliphatic carboxylic acids is 1. The molecule has 104 valence electrons. The third-order valence-electron chi connectivity index (χ3n) is 3.67. The third kappa shape index (κ3) is 4.33. The molecule has 2 unspecified atom stereocenters. The summed E-state index contributed by atoms with van der Waals surface area (Å²) in [4.78, 5) is 13.2. The molecule has 4 heteroatoms. The average molecular weight is 262 g/mol. The second-order valence-electron chi connectivity index (χ2n) is 5.29. The average Bonchev–Trinajstić information content (AvgIpc) is 2.40. The van der Waals surface area contributed by atoms with Crippen molar-refractivity contribution in [1.29, 1.82) is 0 Å². The molecule has 1 heterocycles. The Morgan fingerprint density at radius 3 is 2.84 bits per heavy atom. The molecule has 0 aliphatic carbocycles. The first-order valence-corrected chi connectivity index (χ1v) is 6.88. The van der Waals surface area contributed by atoms with Crippen LogP contribution >= 0.6 is 0 Å². The SMILES string of the molecule is CC1CN(CCc2ccccc2)C(CC(=O)O)CN1. The van der Waals surface area contributed by atoms with E-state index in [2.05, 4.69) is 29.3 Å². The van der Waals surface area contributed by atoms with Crippen LogP contribution < -0.4 is 5.32 Å². The summed E-state index contributed by atoms with van der Waals surface area (Å²) in [5, 5.41) is 12.3. The van der Waals surface area contributed by atoms with Crippen LogP contribution in [0.1, 0.15) is 18.9 Å². The monoisotopic (exact) mass is 262 g/mol. The molecule has 19 heavy (non-hydrogen) atoms. The molecule has 1 aromatic carbocycles. The van der Waals surface area contributed by atoms with Gasteiger partial charge in [-0.3, -0.25) is 9.69 Å². The lowest BCUT2D eigenvalue weighted by Gasteiger charge is -2.38. The maximum absolute atomic E-state index is 10.9. The van der Waals surface area contributed by atoms with Crippen LogP contribution in [-0.4, -0.2) is 47.7 Å². The highest BCUT2D eigenvalue weighted by atomic mass is 16.4. The van der Waals surface area contributed by atoms with Crippen molar-refractivity contribution in [3.8, 4) is 0 Å². The topological polar surface area (TPSA) is 52.6 Å². The summed E-state index contributed by atoms with van der Waals surface area (Å²) in [6, 6.07) is 10.9. The lowest BCUT2D eigenvalue weighted by atomic mass is 10.0. The third-order valence-corrected chi connectivity index (χ3v) is 3.67. The smallest absolute Gasteiger partial charge is 0.304 e. The second kappa shape index (κ2) is 6.68. The quantitative estimate of drug-likeness (QED) is 0.841. The molecule has 0 amide bonds. The Labute approximate surface area is 114 Å². The van der Waals surface area contributed by atoms with Crippen molar-refractivity contribution in [2.24, 2.45) is 0 Å². The predicted molar refractivity (Wildman–Crippen MR) is 75.2 cm³/mol. The van der Waals surface area contributed by atoms with Crippen LogP contribution in [0, 0.1) is 0 Å². The Kier molecular flexibility index (Phi) is 4.93. The van der Waals surface area contributed by atoms with Gasteiger partial charge < -0.3 is 10.4 Å². The van der Waals surface area contributed by atoms with Gasteiger partial charge in [-0.1, -0.05) is 30.3 Å². The molecule has 1 saturated heterocycles. The van der Waals surface area contributed by atoms with E-state index in [-0.39, 0.29) is 12.5 Å². The second-order valence-corrected chi connectivity index (χ2v) is 5.29. The van der Waals surface area contributed by atoms with E-state index >= 15 is 0 Å². The number of hydrogen-bond acceptors (Lipinski definition) is 3. The first-order chi connectivity index (χ1) is 9.15. The van der Waals surface area contributed by atoms with Crippen LogP contribution in [0.4, 0.5) is 0 Å². The lowest BCUT2D eigenvalue weighted by Crippen LogP contribution is -2.56. The highest BCUT2D eigenvalue weighted by Crippen LogP contribution is 2.12. The van der Waals surface area contributed by atoms with E-state index in [0.29, 0.717) is 6.04 Å². The molecule has 2 atom stereocenters. The lowest BCUT2D eigenvalue weighted by molar-refractivity contribution is -0.138. The predicted octanol–water partition coefficient (Wildman–Crippen LogP) is 1.37. The molecule has 0 bridgehead atoms. The molecule has 1 aliphatic rings. The van der Waals surface area contributed by atoms with Crippen molar-refractivity contribution in [1.82, 2.24) is 10.2 Å². The number of hydrogen-bond donors (Lipinski definition) is 2. The van der Waals surface area contributed by atoms with Gasteiger partial charge in [0.2, 0.25) is 0 Å². The zero-order chi connectivity index (χ0) is 13.7. The zero-order valence-corrected chi connectivity index (χ0v) is 11.4. The summed E-state index contributed by atoms with van der Waals surface area (Å²) in [5.41, 5.74) is 1.31. The Morgan fingerprint density at radius 2 is 2.16 bits per heavy atom. The fourth-order valence-corrected chi connectivity index (χ4v) is 2.63. The molecule has 0 spiro atoms. The number of rotatable bonds is 5. The Balaban J connectivity index is 1.92. The zero-order valence-electron chi connectivity index (χ0n) is 11.4. The van der Waals surface area contributed by atoms with Crippen molar-refractivity contribution in [3.63, 3.8) is 0 Å². The highest BCUT2D eigenvalue weighted by Gasteiger charge is 2.27. The van der Waals surface area contributed by atoms with Gasteiger partial charge in [0, 0.05) is 31.7 Å². The van der Waals surface area contributed by atoms with Gasteiger partial charge in [0.05, 0.1) is 6.42 Å². The van der Waals surface area contributed by atoms with E-state index < -0.39 is 5.97 Å².